The number of hydrogen-bond acceptors (Lipinski definition) is 2. The van der Waals surface area contributed by atoms with Crippen LogP contribution in [0.4, 0.5) is 0 Å². The second kappa shape index (κ2) is 4.13. The number of hydrogen-bond donors (Lipinski definition) is 1. The minimum atomic E-state index is 0.606. The van der Waals surface area contributed by atoms with Gasteiger partial charge in [0.05, 0.1) is 12.9 Å². The summed E-state index contributed by atoms with van der Waals surface area (Å²) in [6.45, 7) is 3.78. The monoisotopic (exact) mass is 127 g/mol. The van der Waals surface area contributed by atoms with Crippen LogP contribution in [0.2, 0.25) is 0 Å². The highest BCUT2D eigenvalue weighted by molar-refractivity contribution is 5.92. The zero-order chi connectivity index (χ0) is 7.28. The van der Waals surface area contributed by atoms with E-state index in [0.29, 0.717) is 5.71 Å². The fraction of sp³-hybridized carbons (Fsp3) is 0.571. The second-order valence-electron chi connectivity index (χ2n) is 1.84. The van der Waals surface area contributed by atoms with Gasteiger partial charge in [-0.05, 0) is 19.4 Å². The molecule has 2 nitrogen and oxygen atoms in total. The summed E-state index contributed by atoms with van der Waals surface area (Å²) in [6.07, 6.45) is 2.49. The third-order valence-corrected chi connectivity index (χ3v) is 1.08. The van der Waals surface area contributed by atoms with Gasteiger partial charge in [-0.3, -0.25) is 0 Å². The average molecular weight is 127 g/mol. The van der Waals surface area contributed by atoms with Crippen LogP contribution in [0.25, 0.3) is 0 Å². The lowest BCUT2D eigenvalue weighted by Crippen LogP contribution is -1.90. The first-order valence-electron chi connectivity index (χ1n) is 3.00. The molecule has 0 radical (unpaired) electrons. The van der Waals surface area contributed by atoms with Gasteiger partial charge < -0.3 is 10.1 Å². The fourth-order valence-corrected chi connectivity index (χ4v) is 0.406. The van der Waals surface area contributed by atoms with Crippen LogP contribution in [0, 0.1) is 5.41 Å². The Hall–Kier alpha value is -0.790. The number of allylic oxidation sites excluding steroid dienone is 2. The topological polar surface area (TPSA) is 33.1 Å². The van der Waals surface area contributed by atoms with Crippen molar-refractivity contribution in [3.05, 3.63) is 11.8 Å². The van der Waals surface area contributed by atoms with Gasteiger partial charge in [-0.25, -0.2) is 0 Å². The van der Waals surface area contributed by atoms with Crippen LogP contribution in [-0.2, 0) is 4.74 Å². The molecule has 0 saturated heterocycles. The molecule has 0 aromatic rings. The van der Waals surface area contributed by atoms with Crippen LogP contribution in [0.3, 0.4) is 0 Å². The van der Waals surface area contributed by atoms with Crippen molar-refractivity contribution in [2.45, 2.75) is 20.3 Å². The molecule has 0 aliphatic carbocycles. The van der Waals surface area contributed by atoms with Gasteiger partial charge in [-0.1, -0.05) is 6.92 Å². The highest BCUT2D eigenvalue weighted by Crippen LogP contribution is 1.94. The van der Waals surface area contributed by atoms with Crippen molar-refractivity contribution in [2.24, 2.45) is 0 Å². The number of rotatable bonds is 3. The van der Waals surface area contributed by atoms with Crippen molar-refractivity contribution >= 4 is 5.71 Å². The van der Waals surface area contributed by atoms with Crippen LogP contribution in [-0.4, -0.2) is 12.8 Å². The maximum Gasteiger partial charge on any atom is 0.0942 e. The molecule has 0 bridgehead atoms. The maximum atomic E-state index is 7.21. The van der Waals surface area contributed by atoms with Crippen molar-refractivity contribution in [1.29, 1.82) is 5.41 Å². The maximum absolute atomic E-state index is 7.21. The van der Waals surface area contributed by atoms with Crippen molar-refractivity contribution in [3.63, 3.8) is 0 Å². The second-order valence-corrected chi connectivity index (χ2v) is 1.84. The van der Waals surface area contributed by atoms with E-state index in [0.717, 1.165) is 12.2 Å². The molecule has 0 unspecified atom stereocenters. The zero-order valence-corrected chi connectivity index (χ0v) is 6.19. The molecule has 1 N–H and O–H groups in total. The quantitative estimate of drug-likeness (QED) is 0.456. The molecule has 0 amide bonds. The van der Waals surface area contributed by atoms with E-state index in [9.17, 15) is 0 Å². The van der Waals surface area contributed by atoms with Gasteiger partial charge in [0, 0.05) is 5.71 Å². The number of methoxy groups -OCH3 is 1. The van der Waals surface area contributed by atoms with Gasteiger partial charge in [-0.2, -0.15) is 0 Å². The van der Waals surface area contributed by atoms with Gasteiger partial charge in [0.15, 0.2) is 0 Å². The van der Waals surface area contributed by atoms with Crippen molar-refractivity contribution < 1.29 is 4.74 Å². The van der Waals surface area contributed by atoms with Crippen LogP contribution in [0.15, 0.2) is 11.8 Å². The Kier molecular flexibility index (Phi) is 3.76. The molecular weight excluding hydrogens is 114 g/mol. The molecule has 0 aliphatic rings. The smallest absolute Gasteiger partial charge is 0.0942 e. The Balaban J connectivity index is 3.79. The summed E-state index contributed by atoms with van der Waals surface area (Å²) < 4.78 is 4.84. The van der Waals surface area contributed by atoms with E-state index in [-0.39, 0.29) is 0 Å². The Labute approximate surface area is 56.0 Å². The summed E-state index contributed by atoms with van der Waals surface area (Å²) in [5.74, 6) is 0.793. The van der Waals surface area contributed by atoms with Crippen LogP contribution in [0.1, 0.15) is 20.3 Å². The fourth-order valence-electron chi connectivity index (χ4n) is 0.406. The summed E-state index contributed by atoms with van der Waals surface area (Å²) in [7, 11) is 1.61. The van der Waals surface area contributed by atoms with Crippen LogP contribution in [0.5, 0.6) is 0 Å². The summed E-state index contributed by atoms with van der Waals surface area (Å²) in [6, 6.07) is 0. The van der Waals surface area contributed by atoms with Crippen LogP contribution >= 0.6 is 0 Å². The lowest BCUT2D eigenvalue weighted by molar-refractivity contribution is 0.294. The molecule has 0 aromatic carbocycles. The summed E-state index contributed by atoms with van der Waals surface area (Å²) in [5.41, 5.74) is 0.606. The van der Waals surface area contributed by atoms with Gasteiger partial charge in [0.2, 0.25) is 0 Å². The Morgan fingerprint density at radius 3 is 2.56 bits per heavy atom. The summed E-state index contributed by atoms with van der Waals surface area (Å²) in [5, 5.41) is 7.21. The third-order valence-electron chi connectivity index (χ3n) is 1.08. The Bertz CT molecular complexity index is 127. The van der Waals surface area contributed by atoms with Gasteiger partial charge >= 0.3 is 0 Å². The van der Waals surface area contributed by atoms with E-state index < -0.39 is 0 Å². The Morgan fingerprint density at radius 2 is 2.22 bits per heavy atom. The van der Waals surface area contributed by atoms with E-state index in [1.54, 1.807) is 13.2 Å². The summed E-state index contributed by atoms with van der Waals surface area (Å²) >= 11 is 0. The molecule has 2 heteroatoms. The lowest BCUT2D eigenvalue weighted by atomic mass is 10.2. The lowest BCUT2D eigenvalue weighted by Gasteiger charge is -1.96. The molecule has 0 rings (SSSR count). The molecule has 52 valence electrons. The molecule has 0 aromatic heterocycles. The van der Waals surface area contributed by atoms with Crippen LogP contribution < -0.4 is 0 Å². The first kappa shape index (κ1) is 8.21. The SMILES string of the molecule is CCC(=N)/C=C(/C)OC. The van der Waals surface area contributed by atoms with E-state index in [4.69, 9.17) is 10.1 Å². The minimum Gasteiger partial charge on any atom is -0.501 e. The van der Waals surface area contributed by atoms with Gasteiger partial charge in [0.1, 0.15) is 0 Å². The normalized spacial score (nSPS) is 11.2. The predicted molar refractivity (Wildman–Crippen MR) is 38.8 cm³/mol. The summed E-state index contributed by atoms with van der Waals surface area (Å²) in [4.78, 5) is 0. The first-order chi connectivity index (χ1) is 4.20. The van der Waals surface area contributed by atoms with Crippen molar-refractivity contribution in [1.82, 2.24) is 0 Å². The minimum absolute atomic E-state index is 0.606. The molecule has 0 heterocycles. The van der Waals surface area contributed by atoms with Crippen molar-refractivity contribution in [2.75, 3.05) is 7.11 Å². The van der Waals surface area contributed by atoms with Crippen molar-refractivity contribution in [3.8, 4) is 0 Å². The highest BCUT2D eigenvalue weighted by atomic mass is 16.5. The van der Waals surface area contributed by atoms with E-state index >= 15 is 0 Å². The largest absolute Gasteiger partial charge is 0.501 e. The molecule has 0 saturated carbocycles. The number of ether oxygens (including phenoxy) is 1. The molecule has 0 spiro atoms. The molecule has 0 aliphatic heterocycles. The Morgan fingerprint density at radius 1 is 1.67 bits per heavy atom. The van der Waals surface area contributed by atoms with E-state index in [2.05, 4.69) is 0 Å². The standard InChI is InChI=1S/C7H13NO/c1-4-7(8)5-6(2)9-3/h5,8H,4H2,1-3H3/b6-5-,8-7?. The zero-order valence-electron chi connectivity index (χ0n) is 6.19. The highest BCUT2D eigenvalue weighted by Gasteiger charge is 1.87. The molecule has 0 fully saturated rings. The molecular formula is C7H13NO. The number of nitrogens with one attached hydrogen (secondary N) is 1. The first-order valence-corrected chi connectivity index (χ1v) is 3.00. The van der Waals surface area contributed by atoms with E-state index in [1.165, 1.54) is 0 Å². The van der Waals surface area contributed by atoms with Gasteiger partial charge in [0.25, 0.3) is 0 Å². The molecule has 9 heavy (non-hydrogen) atoms. The van der Waals surface area contributed by atoms with E-state index in [1.807, 2.05) is 13.8 Å². The predicted octanol–water partition coefficient (Wildman–Crippen LogP) is 1.97. The van der Waals surface area contributed by atoms with Gasteiger partial charge in [-0.15, -0.1) is 0 Å². The third kappa shape index (κ3) is 3.76. The molecule has 0 atom stereocenters. The average Bonchev–Trinajstić information content (AvgIpc) is 1.87.